The van der Waals surface area contributed by atoms with Crippen molar-refractivity contribution in [2.45, 2.75) is 13.8 Å². The molecule has 3 aromatic rings. The zero-order valence-corrected chi connectivity index (χ0v) is 14.3. The maximum Gasteiger partial charge on any atom is 0.154 e. The lowest BCUT2D eigenvalue weighted by Crippen LogP contribution is -1.82. The van der Waals surface area contributed by atoms with E-state index in [0.717, 1.165) is 28.1 Å². The van der Waals surface area contributed by atoms with Gasteiger partial charge < -0.3 is 0 Å². The van der Waals surface area contributed by atoms with Gasteiger partial charge in [0.15, 0.2) is 5.70 Å². The van der Waals surface area contributed by atoms with Crippen molar-refractivity contribution in [3.8, 4) is 0 Å². The molecule has 25 heavy (non-hydrogen) atoms. The van der Waals surface area contributed by atoms with E-state index in [9.17, 15) is 0 Å². The largest absolute Gasteiger partial charge is 0.203 e. The first kappa shape index (κ1) is 16.6. The SMILES string of the molecule is Cc1cccc(C)c1N=C=C(N=Nc1ccccc1)c1ccccc1. The zero-order chi connectivity index (χ0) is 17.5. The van der Waals surface area contributed by atoms with Crippen molar-refractivity contribution in [2.75, 3.05) is 0 Å². The number of hydrogen-bond donors (Lipinski definition) is 0. The van der Waals surface area contributed by atoms with Crippen LogP contribution < -0.4 is 0 Å². The second-order valence-corrected chi connectivity index (χ2v) is 5.71. The summed E-state index contributed by atoms with van der Waals surface area (Å²) in [6.07, 6.45) is 0. The van der Waals surface area contributed by atoms with Crippen LogP contribution in [0.4, 0.5) is 11.4 Å². The Morgan fingerprint density at radius 3 is 1.96 bits per heavy atom. The Bertz CT molecular complexity index is 915. The highest BCUT2D eigenvalue weighted by atomic mass is 15.1. The second kappa shape index (κ2) is 8.00. The number of benzene rings is 3. The number of para-hydroxylation sites is 1. The van der Waals surface area contributed by atoms with E-state index in [2.05, 4.69) is 21.1 Å². The number of azo groups is 1. The molecule has 0 bridgehead atoms. The number of nitrogens with zero attached hydrogens (tertiary/aromatic N) is 3. The third kappa shape index (κ3) is 4.37. The summed E-state index contributed by atoms with van der Waals surface area (Å²) in [4.78, 5) is 4.55. The van der Waals surface area contributed by atoms with Crippen molar-refractivity contribution < 1.29 is 0 Å². The minimum absolute atomic E-state index is 0.604. The average molecular weight is 325 g/mol. The molecule has 0 atom stereocenters. The van der Waals surface area contributed by atoms with E-state index in [0.29, 0.717) is 5.70 Å². The Morgan fingerprint density at radius 2 is 1.32 bits per heavy atom. The predicted octanol–water partition coefficient (Wildman–Crippen LogP) is 6.43. The Hall–Kier alpha value is -3.29. The summed E-state index contributed by atoms with van der Waals surface area (Å²) in [5.74, 6) is 3.09. The lowest BCUT2D eigenvalue weighted by molar-refractivity contribution is 1.25. The van der Waals surface area contributed by atoms with Crippen LogP contribution in [0.25, 0.3) is 5.70 Å². The normalized spacial score (nSPS) is 10.5. The molecule has 0 aromatic heterocycles. The Morgan fingerprint density at radius 1 is 0.720 bits per heavy atom. The van der Waals surface area contributed by atoms with Gasteiger partial charge in [0.2, 0.25) is 0 Å². The van der Waals surface area contributed by atoms with Gasteiger partial charge in [0.25, 0.3) is 0 Å². The van der Waals surface area contributed by atoms with E-state index >= 15 is 0 Å². The smallest absolute Gasteiger partial charge is 0.154 e. The van der Waals surface area contributed by atoms with Gasteiger partial charge in [0, 0.05) is 11.4 Å². The summed E-state index contributed by atoms with van der Waals surface area (Å²) in [6.45, 7) is 4.09. The fourth-order valence-electron chi connectivity index (χ4n) is 2.43. The molecule has 0 spiro atoms. The van der Waals surface area contributed by atoms with Gasteiger partial charge in [-0.2, -0.15) is 0 Å². The Labute approximate surface area is 148 Å². The Balaban J connectivity index is 2.05. The predicted molar refractivity (Wildman–Crippen MR) is 104 cm³/mol. The molecule has 0 fully saturated rings. The van der Waals surface area contributed by atoms with Gasteiger partial charge in [-0.3, -0.25) is 0 Å². The van der Waals surface area contributed by atoms with E-state index in [4.69, 9.17) is 0 Å². The molecule has 0 radical (unpaired) electrons. The minimum Gasteiger partial charge on any atom is -0.203 e. The molecular weight excluding hydrogens is 306 g/mol. The number of rotatable bonds is 4. The van der Waals surface area contributed by atoms with Gasteiger partial charge in [-0.15, -0.1) is 10.2 Å². The molecule has 3 heteroatoms. The van der Waals surface area contributed by atoms with Crippen molar-refractivity contribution in [1.82, 2.24) is 0 Å². The quantitative estimate of drug-likeness (QED) is 0.391. The van der Waals surface area contributed by atoms with Crippen LogP contribution in [0.1, 0.15) is 16.7 Å². The molecule has 0 aliphatic carbocycles. The summed E-state index contributed by atoms with van der Waals surface area (Å²) < 4.78 is 0. The molecule has 0 heterocycles. The number of aryl methyl sites for hydroxylation is 2. The molecule has 3 rings (SSSR count). The molecule has 0 unspecified atom stereocenters. The van der Waals surface area contributed by atoms with E-state index in [-0.39, 0.29) is 0 Å². The monoisotopic (exact) mass is 325 g/mol. The van der Waals surface area contributed by atoms with Crippen molar-refractivity contribution >= 4 is 22.9 Å². The molecule has 0 N–H and O–H groups in total. The summed E-state index contributed by atoms with van der Waals surface area (Å²) in [6, 6.07) is 25.6. The third-order valence-corrected chi connectivity index (χ3v) is 3.78. The fourth-order valence-corrected chi connectivity index (χ4v) is 2.43. The van der Waals surface area contributed by atoms with Crippen LogP contribution in [0.5, 0.6) is 0 Å². The summed E-state index contributed by atoms with van der Waals surface area (Å²) in [7, 11) is 0. The fraction of sp³-hybridized carbons (Fsp3) is 0.0909. The zero-order valence-electron chi connectivity index (χ0n) is 14.3. The van der Waals surface area contributed by atoms with Crippen LogP contribution in [-0.4, -0.2) is 5.87 Å². The number of hydrogen-bond acceptors (Lipinski definition) is 3. The molecule has 0 amide bonds. The topological polar surface area (TPSA) is 37.1 Å². The highest BCUT2D eigenvalue weighted by Crippen LogP contribution is 2.23. The summed E-state index contributed by atoms with van der Waals surface area (Å²) >= 11 is 0. The van der Waals surface area contributed by atoms with E-state index in [1.165, 1.54) is 0 Å². The molecule has 0 saturated heterocycles. The highest BCUT2D eigenvalue weighted by molar-refractivity contribution is 5.90. The average Bonchev–Trinajstić information content (AvgIpc) is 2.65. The molecule has 0 saturated carbocycles. The first-order chi connectivity index (χ1) is 12.2. The highest BCUT2D eigenvalue weighted by Gasteiger charge is 2.02. The van der Waals surface area contributed by atoms with Gasteiger partial charge >= 0.3 is 0 Å². The molecule has 3 aromatic carbocycles. The maximum atomic E-state index is 4.55. The van der Waals surface area contributed by atoms with Gasteiger partial charge in [0.1, 0.15) is 0 Å². The van der Waals surface area contributed by atoms with Gasteiger partial charge in [-0.05, 0) is 37.1 Å². The van der Waals surface area contributed by atoms with Gasteiger partial charge in [-0.25, -0.2) is 4.99 Å². The van der Waals surface area contributed by atoms with Crippen molar-refractivity contribution in [1.29, 1.82) is 0 Å². The van der Waals surface area contributed by atoms with E-state index in [1.54, 1.807) is 0 Å². The maximum absolute atomic E-state index is 4.55. The van der Waals surface area contributed by atoms with Gasteiger partial charge in [0.05, 0.1) is 11.4 Å². The lowest BCUT2D eigenvalue weighted by Gasteiger charge is -2.02. The molecule has 3 nitrogen and oxygen atoms in total. The first-order valence-electron chi connectivity index (χ1n) is 8.16. The lowest BCUT2D eigenvalue weighted by atomic mass is 10.1. The van der Waals surface area contributed by atoms with Crippen molar-refractivity contribution in [3.63, 3.8) is 0 Å². The van der Waals surface area contributed by atoms with Crippen LogP contribution in [0.2, 0.25) is 0 Å². The first-order valence-corrected chi connectivity index (χ1v) is 8.16. The van der Waals surface area contributed by atoms with Crippen LogP contribution in [0.3, 0.4) is 0 Å². The molecule has 0 aliphatic rings. The standard InChI is InChI=1S/C22H19N3/c1-17-10-9-11-18(2)22(17)23-16-21(19-12-5-3-6-13-19)25-24-20-14-7-4-8-15-20/h3-15H,1-2H3. The second-order valence-electron chi connectivity index (χ2n) is 5.71. The minimum atomic E-state index is 0.604. The number of aliphatic imine (C=N–C) groups is 1. The van der Waals surface area contributed by atoms with Crippen molar-refractivity contribution in [2.24, 2.45) is 15.2 Å². The summed E-state index contributed by atoms with van der Waals surface area (Å²) in [5, 5.41) is 8.68. The summed E-state index contributed by atoms with van der Waals surface area (Å²) in [5.41, 5.74) is 5.47. The third-order valence-electron chi connectivity index (χ3n) is 3.78. The van der Waals surface area contributed by atoms with E-state index in [1.807, 2.05) is 92.7 Å². The molecular formula is C22H19N3. The van der Waals surface area contributed by atoms with E-state index < -0.39 is 0 Å². The molecule has 0 aliphatic heterocycles. The van der Waals surface area contributed by atoms with Crippen molar-refractivity contribution in [3.05, 3.63) is 95.6 Å². The van der Waals surface area contributed by atoms with Crippen LogP contribution >= 0.6 is 0 Å². The van der Waals surface area contributed by atoms with Crippen LogP contribution in [-0.2, 0) is 0 Å². The molecule has 122 valence electrons. The van der Waals surface area contributed by atoms with Crippen LogP contribution in [0, 0.1) is 13.8 Å². The van der Waals surface area contributed by atoms with Crippen LogP contribution in [0.15, 0.2) is 94.1 Å². The Kier molecular flexibility index (Phi) is 5.30. The van der Waals surface area contributed by atoms with Gasteiger partial charge in [-0.1, -0.05) is 66.7 Å².